The molecule has 0 atom stereocenters. The molecule has 2 aromatic rings. The van der Waals surface area contributed by atoms with Crippen LogP contribution in [0.5, 0.6) is 0 Å². The Hall–Kier alpha value is -2.28. The second-order valence-corrected chi connectivity index (χ2v) is 6.94. The minimum atomic E-state index is -1.03. The van der Waals surface area contributed by atoms with E-state index < -0.39 is 11.6 Å². The highest BCUT2D eigenvalue weighted by Crippen LogP contribution is 2.15. The van der Waals surface area contributed by atoms with E-state index in [0.717, 1.165) is 17.0 Å². The molecule has 2 heterocycles. The Labute approximate surface area is 148 Å². The third-order valence-electron chi connectivity index (χ3n) is 4.21. The van der Waals surface area contributed by atoms with Gasteiger partial charge in [0.15, 0.2) is 11.6 Å². The van der Waals surface area contributed by atoms with Crippen LogP contribution in [0.3, 0.4) is 0 Å². The van der Waals surface area contributed by atoms with E-state index in [1.54, 1.807) is 21.1 Å². The maximum absolute atomic E-state index is 13.3. The smallest absolute Gasteiger partial charge is 0.254 e. The van der Waals surface area contributed by atoms with Crippen LogP contribution in [-0.4, -0.2) is 47.8 Å². The van der Waals surface area contributed by atoms with Crippen molar-refractivity contribution in [3.8, 4) is 0 Å². The molecular weight excluding hydrogens is 346 g/mol. The molecule has 0 spiro atoms. The van der Waals surface area contributed by atoms with Crippen LogP contribution in [0.25, 0.3) is 0 Å². The summed E-state index contributed by atoms with van der Waals surface area (Å²) < 4.78 is 26.4. The number of nitrogens with zero attached hydrogens (tertiary/aromatic N) is 2. The Morgan fingerprint density at radius 2 is 1.76 bits per heavy atom. The van der Waals surface area contributed by atoms with E-state index in [2.05, 4.69) is 0 Å². The fraction of sp³-hybridized carbons (Fsp3) is 0.333. The van der Waals surface area contributed by atoms with Crippen LogP contribution < -0.4 is 0 Å². The molecule has 0 N–H and O–H groups in total. The van der Waals surface area contributed by atoms with Crippen molar-refractivity contribution in [3.63, 3.8) is 0 Å². The molecule has 1 aliphatic rings. The molecule has 0 saturated carbocycles. The number of hydrogen-bond donors (Lipinski definition) is 0. The van der Waals surface area contributed by atoms with Crippen molar-refractivity contribution in [2.24, 2.45) is 0 Å². The Kier molecular flexibility index (Phi) is 5.43. The molecular formula is C18H18F2N2O2S. The highest BCUT2D eigenvalue weighted by Gasteiger charge is 2.23. The zero-order valence-electron chi connectivity index (χ0n) is 13.6. The minimum absolute atomic E-state index is 0.0459. The number of hydrogen-bond acceptors (Lipinski definition) is 3. The largest absolute Gasteiger partial charge is 0.341 e. The van der Waals surface area contributed by atoms with Gasteiger partial charge in [-0.2, -0.15) is 0 Å². The molecule has 3 rings (SSSR count). The van der Waals surface area contributed by atoms with Crippen molar-refractivity contribution in [3.05, 3.63) is 57.8 Å². The number of benzene rings is 1. The first-order valence-electron chi connectivity index (χ1n) is 8.09. The lowest BCUT2D eigenvalue weighted by Crippen LogP contribution is -2.37. The maximum atomic E-state index is 13.3. The molecule has 132 valence electrons. The highest BCUT2D eigenvalue weighted by atomic mass is 32.1. The third-order valence-corrected chi connectivity index (χ3v) is 5.08. The molecule has 7 heteroatoms. The lowest BCUT2D eigenvalue weighted by molar-refractivity contribution is -0.130. The maximum Gasteiger partial charge on any atom is 0.254 e. The van der Waals surface area contributed by atoms with Crippen molar-refractivity contribution >= 4 is 23.2 Å². The topological polar surface area (TPSA) is 40.6 Å². The molecule has 1 fully saturated rings. The van der Waals surface area contributed by atoms with Gasteiger partial charge in [-0.25, -0.2) is 8.78 Å². The number of thiophene rings is 1. The van der Waals surface area contributed by atoms with Crippen LogP contribution in [0.4, 0.5) is 8.78 Å². The molecule has 25 heavy (non-hydrogen) atoms. The van der Waals surface area contributed by atoms with Gasteiger partial charge in [-0.3, -0.25) is 9.59 Å². The van der Waals surface area contributed by atoms with E-state index in [9.17, 15) is 18.4 Å². The minimum Gasteiger partial charge on any atom is -0.341 e. The SMILES string of the molecule is O=C(Cc1cccs1)N1CCCN(C(=O)c2ccc(F)c(F)c2)CC1. The van der Waals surface area contributed by atoms with E-state index in [1.165, 1.54) is 6.07 Å². The molecule has 0 unspecified atom stereocenters. The van der Waals surface area contributed by atoms with E-state index in [-0.39, 0.29) is 17.4 Å². The average Bonchev–Trinajstić information content (AvgIpc) is 2.98. The molecule has 4 nitrogen and oxygen atoms in total. The average molecular weight is 364 g/mol. The monoisotopic (exact) mass is 364 g/mol. The van der Waals surface area contributed by atoms with Gasteiger partial charge in [-0.05, 0) is 36.1 Å². The molecule has 1 aromatic carbocycles. The van der Waals surface area contributed by atoms with E-state index in [1.807, 2.05) is 17.5 Å². The van der Waals surface area contributed by atoms with Crippen LogP contribution in [0.15, 0.2) is 35.7 Å². The Bertz CT molecular complexity index is 764. The van der Waals surface area contributed by atoms with Gasteiger partial charge >= 0.3 is 0 Å². The van der Waals surface area contributed by atoms with Crippen LogP contribution in [-0.2, 0) is 11.2 Å². The van der Waals surface area contributed by atoms with Crippen molar-refractivity contribution < 1.29 is 18.4 Å². The predicted molar refractivity (Wildman–Crippen MR) is 91.5 cm³/mol. The number of carbonyl (C=O) groups excluding carboxylic acids is 2. The zero-order valence-corrected chi connectivity index (χ0v) is 14.4. The van der Waals surface area contributed by atoms with Crippen LogP contribution in [0.2, 0.25) is 0 Å². The molecule has 0 aliphatic carbocycles. The Morgan fingerprint density at radius 3 is 2.48 bits per heavy atom. The van der Waals surface area contributed by atoms with Crippen molar-refractivity contribution in [1.82, 2.24) is 9.80 Å². The van der Waals surface area contributed by atoms with E-state index >= 15 is 0 Å². The Balaban J connectivity index is 1.61. The van der Waals surface area contributed by atoms with Gasteiger partial charge in [0, 0.05) is 36.6 Å². The predicted octanol–water partition coefficient (Wildman–Crippen LogP) is 2.94. The molecule has 0 bridgehead atoms. The van der Waals surface area contributed by atoms with Gasteiger partial charge in [-0.15, -0.1) is 11.3 Å². The summed E-state index contributed by atoms with van der Waals surface area (Å²) in [7, 11) is 0. The van der Waals surface area contributed by atoms with Gasteiger partial charge in [0.05, 0.1) is 6.42 Å². The lowest BCUT2D eigenvalue weighted by atomic mass is 10.2. The number of rotatable bonds is 3. The summed E-state index contributed by atoms with van der Waals surface area (Å²) in [6, 6.07) is 7.00. The van der Waals surface area contributed by atoms with Crippen LogP contribution in [0, 0.1) is 11.6 Å². The quantitative estimate of drug-likeness (QED) is 0.840. The zero-order chi connectivity index (χ0) is 17.8. The summed E-state index contributed by atoms with van der Waals surface area (Å²) in [4.78, 5) is 29.2. The van der Waals surface area contributed by atoms with Crippen LogP contribution >= 0.6 is 11.3 Å². The van der Waals surface area contributed by atoms with Gasteiger partial charge in [0.2, 0.25) is 5.91 Å². The standard InChI is InChI=1S/C18H18F2N2O2S/c19-15-5-4-13(11-16(15)20)18(24)22-7-2-6-21(8-9-22)17(23)12-14-3-1-10-25-14/h1,3-5,10-11H,2,6-9,12H2. The lowest BCUT2D eigenvalue weighted by Gasteiger charge is -2.22. The molecule has 1 aliphatic heterocycles. The van der Waals surface area contributed by atoms with Crippen molar-refractivity contribution in [2.45, 2.75) is 12.8 Å². The van der Waals surface area contributed by atoms with Crippen molar-refractivity contribution in [2.75, 3.05) is 26.2 Å². The first kappa shape index (κ1) is 17.5. The summed E-state index contributed by atoms with van der Waals surface area (Å²) >= 11 is 1.55. The van der Waals surface area contributed by atoms with Crippen LogP contribution in [0.1, 0.15) is 21.7 Å². The first-order valence-corrected chi connectivity index (χ1v) is 8.97. The summed E-state index contributed by atoms with van der Waals surface area (Å²) in [5.74, 6) is -2.30. The second kappa shape index (κ2) is 7.74. The third kappa shape index (κ3) is 4.22. The Morgan fingerprint density at radius 1 is 1.00 bits per heavy atom. The van der Waals surface area contributed by atoms with Gasteiger partial charge < -0.3 is 9.80 Å². The first-order chi connectivity index (χ1) is 12.0. The normalized spacial score (nSPS) is 15.1. The van der Waals surface area contributed by atoms with E-state index in [0.29, 0.717) is 39.0 Å². The molecule has 1 saturated heterocycles. The molecule has 1 aromatic heterocycles. The second-order valence-electron chi connectivity index (χ2n) is 5.91. The highest BCUT2D eigenvalue weighted by molar-refractivity contribution is 7.10. The summed E-state index contributed by atoms with van der Waals surface area (Å²) in [5.41, 5.74) is 0.122. The summed E-state index contributed by atoms with van der Waals surface area (Å²) in [6.45, 7) is 1.90. The molecule has 0 radical (unpaired) electrons. The number of carbonyl (C=O) groups is 2. The van der Waals surface area contributed by atoms with Gasteiger partial charge in [0.25, 0.3) is 5.91 Å². The fourth-order valence-electron chi connectivity index (χ4n) is 2.86. The van der Waals surface area contributed by atoms with Gasteiger partial charge in [-0.1, -0.05) is 6.07 Å². The van der Waals surface area contributed by atoms with Gasteiger partial charge in [0.1, 0.15) is 0 Å². The summed E-state index contributed by atoms with van der Waals surface area (Å²) in [5, 5.41) is 1.94. The van der Waals surface area contributed by atoms with E-state index in [4.69, 9.17) is 0 Å². The number of amides is 2. The summed E-state index contributed by atoms with van der Waals surface area (Å²) in [6.07, 6.45) is 1.03. The molecule has 2 amide bonds. The fourth-order valence-corrected chi connectivity index (χ4v) is 3.55. The van der Waals surface area contributed by atoms with Crippen molar-refractivity contribution in [1.29, 1.82) is 0 Å². The number of halogens is 2.